The fraction of sp³-hybridized carbons (Fsp3) is 0.413. The molecule has 3 aromatic carbocycles. The Balaban J connectivity index is 0.698. The second-order valence-electron chi connectivity index (χ2n) is 16.5. The first-order valence-corrected chi connectivity index (χ1v) is 21.3. The fourth-order valence-corrected chi connectivity index (χ4v) is 9.40. The molecule has 3 aliphatic rings. The molecule has 13 heteroatoms. The second kappa shape index (κ2) is 17.7. The van der Waals surface area contributed by atoms with Gasteiger partial charge in [0, 0.05) is 37.5 Å². The van der Waals surface area contributed by atoms with Gasteiger partial charge in [-0.1, -0.05) is 30.3 Å². The van der Waals surface area contributed by atoms with Crippen LogP contribution in [0.1, 0.15) is 62.5 Å². The van der Waals surface area contributed by atoms with Crippen molar-refractivity contribution in [1.29, 1.82) is 0 Å². The molecule has 0 bridgehead atoms. The lowest BCUT2D eigenvalue weighted by Gasteiger charge is -2.38. The van der Waals surface area contributed by atoms with Crippen LogP contribution in [0.2, 0.25) is 0 Å². The summed E-state index contributed by atoms with van der Waals surface area (Å²) in [7, 11) is 0. The minimum Gasteiger partial charge on any atom is -0.457 e. The molecule has 9 rings (SSSR count). The zero-order valence-corrected chi connectivity index (χ0v) is 33.7. The van der Waals surface area contributed by atoms with E-state index in [9.17, 15) is 9.59 Å². The van der Waals surface area contributed by atoms with Gasteiger partial charge in [0.25, 0.3) is 5.56 Å². The summed E-state index contributed by atoms with van der Waals surface area (Å²) in [5.41, 5.74) is 10.3. The van der Waals surface area contributed by atoms with Crippen LogP contribution < -0.4 is 21.7 Å². The van der Waals surface area contributed by atoms with Gasteiger partial charge in [-0.15, -0.1) is 0 Å². The number of rotatable bonds is 12. The number of hydrogen-bond donors (Lipinski definition) is 2. The number of nitrogens with two attached hydrogens (primary N) is 1. The van der Waals surface area contributed by atoms with E-state index in [0.29, 0.717) is 11.7 Å². The van der Waals surface area contributed by atoms with E-state index in [2.05, 4.69) is 46.5 Å². The Morgan fingerprint density at radius 3 is 2.07 bits per heavy atom. The monoisotopic (exact) mass is 794 g/mol. The third-order valence-corrected chi connectivity index (χ3v) is 12.8. The van der Waals surface area contributed by atoms with Crippen molar-refractivity contribution in [2.24, 2.45) is 5.92 Å². The van der Waals surface area contributed by atoms with Crippen molar-refractivity contribution in [3.63, 3.8) is 0 Å². The van der Waals surface area contributed by atoms with Gasteiger partial charge >= 0.3 is 5.69 Å². The molecule has 0 saturated carbocycles. The van der Waals surface area contributed by atoms with Crippen molar-refractivity contribution in [3.05, 3.63) is 124 Å². The van der Waals surface area contributed by atoms with E-state index < -0.39 is 5.69 Å². The van der Waals surface area contributed by atoms with Crippen molar-refractivity contribution >= 4 is 16.9 Å². The summed E-state index contributed by atoms with van der Waals surface area (Å²) in [6.45, 7) is 10.3. The van der Waals surface area contributed by atoms with E-state index in [1.165, 1.54) is 67.8 Å². The van der Waals surface area contributed by atoms with E-state index in [1.807, 2.05) is 66.7 Å². The molecule has 0 radical (unpaired) electrons. The second-order valence-corrected chi connectivity index (χ2v) is 16.5. The molecule has 0 spiro atoms. The lowest BCUT2D eigenvalue weighted by atomic mass is 9.88. The van der Waals surface area contributed by atoms with Gasteiger partial charge in [-0.2, -0.15) is 5.10 Å². The van der Waals surface area contributed by atoms with Crippen LogP contribution in [0.15, 0.2) is 107 Å². The van der Waals surface area contributed by atoms with Crippen LogP contribution in [0.25, 0.3) is 28.0 Å². The lowest BCUT2D eigenvalue weighted by Crippen LogP contribution is -2.42. The first-order chi connectivity index (χ1) is 28.9. The Bertz CT molecular complexity index is 2420. The van der Waals surface area contributed by atoms with Crippen LogP contribution in [-0.4, -0.2) is 103 Å². The van der Waals surface area contributed by atoms with Crippen molar-refractivity contribution in [3.8, 4) is 28.4 Å². The minimum absolute atomic E-state index is 0.261. The summed E-state index contributed by atoms with van der Waals surface area (Å²) in [5.74, 6) is 3.34. The molecule has 3 N–H and O–H groups in total. The maximum absolute atomic E-state index is 12.2. The highest BCUT2D eigenvalue weighted by Crippen LogP contribution is 2.36. The van der Waals surface area contributed by atoms with Crippen LogP contribution in [0.5, 0.6) is 11.5 Å². The number of aromatic nitrogens is 6. The van der Waals surface area contributed by atoms with Crippen molar-refractivity contribution < 1.29 is 4.74 Å². The Labute approximate surface area is 344 Å². The van der Waals surface area contributed by atoms with Gasteiger partial charge in [0.1, 0.15) is 29.3 Å². The van der Waals surface area contributed by atoms with Crippen LogP contribution in [0.3, 0.4) is 0 Å². The number of anilines is 1. The highest BCUT2D eigenvalue weighted by Gasteiger charge is 2.28. The summed E-state index contributed by atoms with van der Waals surface area (Å²) in [4.78, 5) is 42.9. The lowest BCUT2D eigenvalue weighted by molar-refractivity contribution is 0.120. The number of nitrogen functional groups attached to an aromatic ring is 1. The minimum atomic E-state index is -0.412. The molecule has 306 valence electrons. The highest BCUT2D eigenvalue weighted by molar-refractivity contribution is 5.98. The topological polar surface area (TPSA) is 143 Å². The third-order valence-electron chi connectivity index (χ3n) is 12.8. The number of hydrogen-bond acceptors (Lipinski definition) is 10. The van der Waals surface area contributed by atoms with E-state index in [-0.39, 0.29) is 11.6 Å². The normalized spacial score (nSPS) is 18.1. The average molecular weight is 795 g/mol. The molecule has 3 aliphatic heterocycles. The molecule has 0 aliphatic carbocycles. The number of para-hydroxylation sites is 1. The Morgan fingerprint density at radius 2 is 1.37 bits per heavy atom. The first kappa shape index (κ1) is 38.9. The Hall–Kier alpha value is -5.63. The van der Waals surface area contributed by atoms with Crippen LogP contribution in [0.4, 0.5) is 5.82 Å². The molecule has 13 nitrogen and oxygen atoms in total. The summed E-state index contributed by atoms with van der Waals surface area (Å²) >= 11 is 0. The first-order valence-electron chi connectivity index (χ1n) is 21.3. The highest BCUT2D eigenvalue weighted by atomic mass is 16.5. The van der Waals surface area contributed by atoms with E-state index in [4.69, 9.17) is 15.6 Å². The number of nitrogens with one attached hydrogen (secondary N) is 1. The zero-order valence-electron chi connectivity index (χ0n) is 33.7. The molecule has 0 amide bonds. The number of piperidine rings is 3. The third kappa shape index (κ3) is 9.02. The van der Waals surface area contributed by atoms with Crippen LogP contribution in [0, 0.1) is 5.92 Å². The van der Waals surface area contributed by atoms with Gasteiger partial charge in [-0.3, -0.25) is 14.3 Å². The van der Waals surface area contributed by atoms with E-state index in [1.54, 1.807) is 6.33 Å². The van der Waals surface area contributed by atoms with Gasteiger partial charge in [0.2, 0.25) is 0 Å². The van der Waals surface area contributed by atoms with Gasteiger partial charge in [0.05, 0.1) is 17.1 Å². The molecular formula is C46H54N10O3. The van der Waals surface area contributed by atoms with Gasteiger partial charge in [0.15, 0.2) is 5.65 Å². The summed E-state index contributed by atoms with van der Waals surface area (Å²) in [6, 6.07) is 27.7. The smallest absolute Gasteiger partial charge is 0.332 e. The number of nitrogens with zero attached hydrogens (tertiary/aromatic N) is 8. The number of aromatic amines is 1. The maximum Gasteiger partial charge on any atom is 0.332 e. The predicted octanol–water partition coefficient (Wildman–Crippen LogP) is 6.33. The van der Waals surface area contributed by atoms with Crippen molar-refractivity contribution in [2.75, 3.05) is 64.6 Å². The SMILES string of the molecule is Nc1ncnc2c1c(-c1ccc(Oc3ccccc3)cc1)nn2C1CCN(CCCN2CCC(CN3CCC(c4ccc(-n5ccc(=O)[nH]c5=O)cc4)CC3)CC2)CC1. The molecule has 0 unspecified atom stereocenters. The van der Waals surface area contributed by atoms with Gasteiger partial charge in [-0.25, -0.2) is 19.4 Å². The Morgan fingerprint density at radius 1 is 0.712 bits per heavy atom. The molecule has 3 aromatic heterocycles. The quantitative estimate of drug-likeness (QED) is 0.144. The summed E-state index contributed by atoms with van der Waals surface area (Å²) in [5, 5.41) is 5.94. The Kier molecular flexibility index (Phi) is 11.7. The van der Waals surface area contributed by atoms with Gasteiger partial charge in [-0.05, 0) is 150 Å². The number of benzene rings is 3. The van der Waals surface area contributed by atoms with E-state index in [0.717, 1.165) is 104 Å². The fourth-order valence-electron chi connectivity index (χ4n) is 9.40. The molecular weight excluding hydrogens is 741 g/mol. The zero-order chi connectivity index (χ0) is 40.1. The predicted molar refractivity (Wildman–Crippen MR) is 231 cm³/mol. The summed E-state index contributed by atoms with van der Waals surface area (Å²) < 4.78 is 9.59. The maximum atomic E-state index is 12.2. The number of likely N-dealkylation sites (tertiary alicyclic amines) is 3. The standard InChI is InChI=1S/C46H54N10O3/c47-44-42-43(36-9-13-40(14-10-36)59-39-5-2-1-3-6-39)51-56(45(42)49-32-48-44)38-19-28-53(29-20-38)23-4-22-52-24-15-33(16-25-52)31-54-26-17-35(18-27-54)34-7-11-37(12-8-34)55-30-21-41(57)50-46(55)58/h1-3,5-14,21,30,32-33,35,38H,4,15-20,22-29,31H2,(H2,47,48,49)(H,50,57,58). The van der Waals surface area contributed by atoms with Crippen molar-refractivity contribution in [2.45, 2.75) is 56.9 Å². The molecule has 3 saturated heterocycles. The molecule has 0 atom stereocenters. The number of fused-ring (bicyclic) bond motifs is 1. The largest absolute Gasteiger partial charge is 0.457 e. The van der Waals surface area contributed by atoms with Crippen molar-refractivity contribution in [1.82, 2.24) is 44.0 Å². The number of H-pyrrole nitrogens is 1. The number of ether oxygens (including phenoxy) is 1. The van der Waals surface area contributed by atoms with Crippen LogP contribution in [-0.2, 0) is 0 Å². The molecule has 6 aromatic rings. The van der Waals surface area contributed by atoms with E-state index >= 15 is 0 Å². The summed E-state index contributed by atoms with van der Waals surface area (Å²) in [6.07, 6.45) is 11.2. The average Bonchev–Trinajstić information content (AvgIpc) is 3.67. The van der Waals surface area contributed by atoms with Gasteiger partial charge < -0.3 is 25.2 Å². The molecule has 6 heterocycles. The van der Waals surface area contributed by atoms with Crippen LogP contribution >= 0.6 is 0 Å². The molecule has 3 fully saturated rings. The molecule has 59 heavy (non-hydrogen) atoms.